The Balaban J connectivity index is 1.02. The molecule has 4 aliphatic carbocycles. The molecule has 0 unspecified atom stereocenters. The van der Waals surface area contributed by atoms with Gasteiger partial charge in [0.05, 0.1) is 0 Å². The van der Waals surface area contributed by atoms with Gasteiger partial charge in [-0.05, 0) is 313 Å². The summed E-state index contributed by atoms with van der Waals surface area (Å²) in [7, 11) is 0. The summed E-state index contributed by atoms with van der Waals surface area (Å²) in [5.74, 6) is 0. The Morgan fingerprint density at radius 2 is 0.337 bits per heavy atom. The average Bonchev–Trinajstić information content (AvgIpc) is 1.53. The van der Waals surface area contributed by atoms with E-state index in [-0.39, 0.29) is 0 Å². The number of rotatable bonds is 24. The Hall–Kier alpha value is -7.02. The quantitative estimate of drug-likeness (QED) is 0.0529. The number of aryl methyl sites for hydroxylation is 8. The van der Waals surface area contributed by atoms with Gasteiger partial charge in [-0.2, -0.15) is 0 Å². The zero-order valence-corrected chi connectivity index (χ0v) is 53.4. The van der Waals surface area contributed by atoms with Crippen LogP contribution in [0.4, 0.5) is 0 Å². The van der Waals surface area contributed by atoms with Gasteiger partial charge < -0.3 is 0 Å². The van der Waals surface area contributed by atoms with Gasteiger partial charge in [0.15, 0.2) is 0 Å². The van der Waals surface area contributed by atoms with Crippen molar-refractivity contribution in [3.63, 3.8) is 0 Å². The molecule has 11 aromatic rings. The van der Waals surface area contributed by atoms with Crippen LogP contribution < -0.4 is 0 Å². The summed E-state index contributed by atoms with van der Waals surface area (Å²) in [6.07, 6.45) is 28.0. The highest BCUT2D eigenvalue weighted by molar-refractivity contribution is 6.32. The third-order valence-electron chi connectivity index (χ3n) is 21.7. The van der Waals surface area contributed by atoms with Gasteiger partial charge in [0.25, 0.3) is 0 Å². The lowest BCUT2D eigenvalue weighted by atomic mass is 9.79. The molecule has 11 aromatic carbocycles. The minimum Gasteiger partial charge on any atom is -0.0654 e. The van der Waals surface area contributed by atoms with E-state index in [1.54, 1.807) is 89.0 Å². The third-order valence-corrected chi connectivity index (χ3v) is 21.7. The van der Waals surface area contributed by atoms with Crippen LogP contribution in [-0.2, 0) is 51.4 Å². The highest BCUT2D eigenvalue weighted by Crippen LogP contribution is 2.64. The molecule has 0 saturated heterocycles. The van der Waals surface area contributed by atoms with E-state index in [0.29, 0.717) is 0 Å². The van der Waals surface area contributed by atoms with Gasteiger partial charge in [0.1, 0.15) is 0 Å². The van der Waals surface area contributed by atoms with Crippen molar-refractivity contribution in [2.45, 2.75) is 209 Å². The molecule has 0 spiro atoms. The molecule has 0 amide bonds. The molecule has 0 aliphatic heterocycles. The first kappa shape index (κ1) is 55.6. The molecule has 0 fully saturated rings. The lowest BCUT2D eigenvalue weighted by Crippen LogP contribution is -2.03. The second-order valence-corrected chi connectivity index (χ2v) is 26.8. The molecule has 0 heterocycles. The highest BCUT2D eigenvalue weighted by atomic mass is 14.4. The first-order valence-electron chi connectivity index (χ1n) is 34.9. The molecule has 0 saturated carbocycles. The van der Waals surface area contributed by atoms with Crippen molar-refractivity contribution in [2.24, 2.45) is 0 Å². The van der Waals surface area contributed by atoms with Gasteiger partial charge in [-0.15, -0.1) is 0 Å². The van der Waals surface area contributed by atoms with Crippen molar-refractivity contribution < 1.29 is 0 Å². The van der Waals surface area contributed by atoms with Crippen LogP contribution in [0, 0.1) is 0 Å². The topological polar surface area (TPSA) is 0 Å². The maximum atomic E-state index is 2.82. The Morgan fingerprint density at radius 1 is 0.186 bits per heavy atom. The summed E-state index contributed by atoms with van der Waals surface area (Å²) in [6, 6.07) is 45.6. The Morgan fingerprint density at radius 3 is 0.488 bits per heavy atom. The Bertz CT molecular complexity index is 4040. The fraction of sp³-hybridized carbons (Fsp3) is 0.372. The fourth-order valence-corrected chi connectivity index (χ4v) is 17.8. The molecule has 4 aliphatic rings. The first-order valence-corrected chi connectivity index (χ1v) is 34.9. The number of benzene rings is 11. The van der Waals surface area contributed by atoms with E-state index in [0.717, 1.165) is 51.4 Å². The number of fused-ring (bicyclic) bond motifs is 16. The number of unbranched alkanes of at least 4 members (excludes halogenated alkanes) is 8. The number of hydrogen-bond donors (Lipinski definition) is 0. The van der Waals surface area contributed by atoms with Gasteiger partial charge in [0.2, 0.25) is 0 Å². The van der Waals surface area contributed by atoms with Gasteiger partial charge in [-0.1, -0.05) is 204 Å². The van der Waals surface area contributed by atoms with Crippen molar-refractivity contribution in [2.75, 3.05) is 0 Å². The Kier molecular flexibility index (Phi) is 14.6. The predicted octanol–water partition coefficient (Wildman–Crippen LogP) is 25.9. The monoisotopic (exact) mass is 1120 g/mol. The molecule has 86 heavy (non-hydrogen) atoms. The SMILES string of the molecule is CCCCc1c2c(c(CCCC)c3ccccc13)-c1ccc3c4c(ccc-2c14)-c1c-3c(CCCC)c2cc3c(CCCC)c4c(c(CCCC)c3cc2c1CCCC)-c1ccc2c3c(ccc-4c13)-c1c-2c(CCCC)c2ccccc2c1CCCC. The van der Waals surface area contributed by atoms with E-state index in [4.69, 9.17) is 0 Å². The summed E-state index contributed by atoms with van der Waals surface area (Å²) in [5.41, 5.74) is 37.1. The zero-order chi connectivity index (χ0) is 58.5. The minimum atomic E-state index is 1.09. The van der Waals surface area contributed by atoms with E-state index >= 15 is 0 Å². The third kappa shape index (κ3) is 8.05. The molecule has 0 bridgehead atoms. The first-order chi connectivity index (χ1) is 42.5. The second kappa shape index (κ2) is 22.6. The van der Waals surface area contributed by atoms with Crippen LogP contribution in [0.5, 0.6) is 0 Å². The second-order valence-electron chi connectivity index (χ2n) is 26.8. The smallest absolute Gasteiger partial charge is 0.00137 e. The van der Waals surface area contributed by atoms with Gasteiger partial charge in [-0.3, -0.25) is 0 Å². The molecule has 434 valence electrons. The van der Waals surface area contributed by atoms with Gasteiger partial charge in [0, 0.05) is 0 Å². The van der Waals surface area contributed by atoms with Crippen LogP contribution in [0.1, 0.15) is 203 Å². The molecule has 15 rings (SSSR count). The fourth-order valence-electron chi connectivity index (χ4n) is 17.8. The van der Waals surface area contributed by atoms with Crippen molar-refractivity contribution in [3.8, 4) is 89.0 Å². The molecule has 0 N–H and O–H groups in total. The molecular weight excluding hydrogens is 1030 g/mol. The van der Waals surface area contributed by atoms with Crippen LogP contribution in [0.3, 0.4) is 0 Å². The highest BCUT2D eigenvalue weighted by Gasteiger charge is 2.39. The van der Waals surface area contributed by atoms with E-state index in [1.807, 2.05) is 0 Å². The lowest BCUT2D eigenvalue weighted by molar-refractivity contribution is 0.793. The Labute approximate surface area is 513 Å². The predicted molar refractivity (Wildman–Crippen MR) is 378 cm³/mol. The summed E-state index contributed by atoms with van der Waals surface area (Å²) in [6.45, 7) is 19.1. The van der Waals surface area contributed by atoms with E-state index < -0.39 is 0 Å². The molecule has 0 nitrogen and oxygen atoms in total. The van der Waals surface area contributed by atoms with Crippen LogP contribution in [0.2, 0.25) is 0 Å². The van der Waals surface area contributed by atoms with Crippen molar-refractivity contribution in [1.82, 2.24) is 0 Å². The van der Waals surface area contributed by atoms with E-state index in [2.05, 4.69) is 165 Å². The van der Waals surface area contributed by atoms with Crippen LogP contribution in [0.25, 0.3) is 154 Å². The standard InChI is InChI=1S/C86H90/c1-9-17-29-55-51-37-25-26-38-52(51)56(30-18-10-2)76-64-42-46-68-80-60(34-22-14-6)72-50-74-62(36-24-16-8)82-70-48-44-66-78-58(32-20-12-4)54-40-28-27-39-53(54)57(31-19-11-3)77(78)65-43-47-69(86(70)84(65)66)81(82)61(35-23-15-7)73(74)49-71(72)59(33-21-13-5)79(80)67-45-41-63(75(55)76)83(64)85(67)68/h25-28,37-50H,9-24,29-36H2,1-8H3. The number of hydrogen-bond acceptors (Lipinski definition) is 0. The molecular formula is C86H90. The zero-order valence-electron chi connectivity index (χ0n) is 53.4. The van der Waals surface area contributed by atoms with Crippen LogP contribution in [0.15, 0.2) is 109 Å². The maximum absolute atomic E-state index is 2.82. The largest absolute Gasteiger partial charge is 0.0654 e. The van der Waals surface area contributed by atoms with Crippen LogP contribution in [-0.4, -0.2) is 0 Å². The van der Waals surface area contributed by atoms with Crippen LogP contribution >= 0.6 is 0 Å². The van der Waals surface area contributed by atoms with E-state index in [9.17, 15) is 0 Å². The average molecular weight is 1120 g/mol. The molecule has 0 atom stereocenters. The lowest BCUT2D eigenvalue weighted by Gasteiger charge is -2.24. The normalized spacial score (nSPS) is 12.8. The summed E-state index contributed by atoms with van der Waals surface area (Å²) < 4.78 is 0. The van der Waals surface area contributed by atoms with Crippen molar-refractivity contribution >= 4 is 64.6 Å². The van der Waals surface area contributed by atoms with Crippen molar-refractivity contribution in [3.05, 3.63) is 154 Å². The molecule has 0 radical (unpaired) electrons. The molecule has 0 heteroatoms. The molecule has 0 aromatic heterocycles. The summed E-state index contributed by atoms with van der Waals surface area (Å²) in [4.78, 5) is 0. The van der Waals surface area contributed by atoms with Gasteiger partial charge >= 0.3 is 0 Å². The summed E-state index contributed by atoms with van der Waals surface area (Å²) in [5, 5.41) is 18.2. The minimum absolute atomic E-state index is 1.09. The maximum Gasteiger partial charge on any atom is -0.00137 e. The van der Waals surface area contributed by atoms with Crippen molar-refractivity contribution in [1.29, 1.82) is 0 Å². The summed E-state index contributed by atoms with van der Waals surface area (Å²) >= 11 is 0. The van der Waals surface area contributed by atoms with E-state index in [1.165, 1.54) is 212 Å². The van der Waals surface area contributed by atoms with Gasteiger partial charge in [-0.25, -0.2) is 0 Å².